The molecule has 2 heterocycles. The number of hydrogen-bond acceptors (Lipinski definition) is 3. The van der Waals surface area contributed by atoms with Crippen LogP contribution in [0.2, 0.25) is 0 Å². The van der Waals surface area contributed by atoms with E-state index < -0.39 is 0 Å². The van der Waals surface area contributed by atoms with Gasteiger partial charge in [0.1, 0.15) is 0 Å². The molecular formula is C15H19N5. The number of rotatable bonds is 4. The van der Waals surface area contributed by atoms with Gasteiger partial charge in [-0.2, -0.15) is 5.10 Å². The molecule has 0 spiro atoms. The average Bonchev–Trinajstić information content (AvgIpc) is 2.97. The van der Waals surface area contributed by atoms with Crippen LogP contribution < -0.4 is 5.32 Å². The molecule has 5 heteroatoms. The highest BCUT2D eigenvalue weighted by Gasteiger charge is 2.11. The Morgan fingerprint density at radius 3 is 2.75 bits per heavy atom. The lowest BCUT2D eigenvalue weighted by Gasteiger charge is -2.08. The fourth-order valence-corrected chi connectivity index (χ4v) is 2.53. The number of H-pyrrole nitrogens is 1. The van der Waals surface area contributed by atoms with E-state index >= 15 is 0 Å². The summed E-state index contributed by atoms with van der Waals surface area (Å²) in [5.41, 5.74) is 5.54. The number of hydrogen-bond donors (Lipinski definition) is 2. The van der Waals surface area contributed by atoms with E-state index in [1.165, 1.54) is 5.56 Å². The average molecular weight is 269 g/mol. The second kappa shape index (κ2) is 5.00. The molecule has 0 radical (unpaired) electrons. The first-order valence-corrected chi connectivity index (χ1v) is 6.90. The number of aryl methyl sites for hydroxylation is 3. The Labute approximate surface area is 118 Å². The van der Waals surface area contributed by atoms with Gasteiger partial charge < -0.3 is 9.88 Å². The number of fused-ring (bicyclic) bond motifs is 1. The highest BCUT2D eigenvalue weighted by molar-refractivity contribution is 5.78. The molecule has 20 heavy (non-hydrogen) atoms. The summed E-state index contributed by atoms with van der Waals surface area (Å²) in [4.78, 5) is 4.66. The smallest absolute Gasteiger partial charge is 0.204 e. The lowest BCUT2D eigenvalue weighted by atomic mass is 10.2. The van der Waals surface area contributed by atoms with Gasteiger partial charge in [0.05, 0.1) is 16.7 Å². The Bertz CT molecular complexity index is 718. The topological polar surface area (TPSA) is 58.5 Å². The Kier molecular flexibility index (Phi) is 3.18. The van der Waals surface area contributed by atoms with Crippen LogP contribution in [-0.4, -0.2) is 19.7 Å². The number of nitrogens with zero attached hydrogens (tertiary/aromatic N) is 3. The quantitative estimate of drug-likeness (QED) is 0.765. The molecule has 104 valence electrons. The minimum atomic E-state index is 0.734. The normalized spacial score (nSPS) is 11.2. The van der Waals surface area contributed by atoms with Crippen LogP contribution >= 0.6 is 0 Å². The van der Waals surface area contributed by atoms with E-state index in [0.717, 1.165) is 41.5 Å². The van der Waals surface area contributed by atoms with Crippen molar-refractivity contribution >= 4 is 17.0 Å². The van der Waals surface area contributed by atoms with Crippen molar-refractivity contribution < 1.29 is 0 Å². The van der Waals surface area contributed by atoms with E-state index in [1.54, 1.807) is 0 Å². The van der Waals surface area contributed by atoms with Crippen molar-refractivity contribution in [3.05, 3.63) is 41.2 Å². The van der Waals surface area contributed by atoms with Crippen molar-refractivity contribution in [2.75, 3.05) is 5.32 Å². The van der Waals surface area contributed by atoms with Crippen molar-refractivity contribution in [3.63, 3.8) is 0 Å². The highest BCUT2D eigenvalue weighted by Crippen LogP contribution is 2.20. The maximum absolute atomic E-state index is 4.66. The van der Waals surface area contributed by atoms with E-state index in [1.807, 2.05) is 32.0 Å². The third-order valence-electron chi connectivity index (χ3n) is 3.67. The fourth-order valence-electron chi connectivity index (χ4n) is 2.53. The summed E-state index contributed by atoms with van der Waals surface area (Å²) in [6, 6.07) is 8.21. The van der Waals surface area contributed by atoms with Crippen LogP contribution in [0.4, 0.5) is 5.95 Å². The Morgan fingerprint density at radius 2 is 2.05 bits per heavy atom. The van der Waals surface area contributed by atoms with Crippen LogP contribution in [-0.2, 0) is 13.1 Å². The maximum atomic E-state index is 4.66. The van der Waals surface area contributed by atoms with Gasteiger partial charge in [0.15, 0.2) is 0 Å². The third kappa shape index (κ3) is 2.05. The number of aromatic nitrogens is 4. The molecule has 0 saturated heterocycles. The molecule has 1 aromatic carbocycles. The monoisotopic (exact) mass is 269 g/mol. The summed E-state index contributed by atoms with van der Waals surface area (Å²) in [5, 5.41) is 10.7. The van der Waals surface area contributed by atoms with Crippen molar-refractivity contribution in [1.29, 1.82) is 0 Å². The maximum Gasteiger partial charge on any atom is 0.204 e. The molecule has 3 rings (SSSR count). The summed E-state index contributed by atoms with van der Waals surface area (Å²) < 4.78 is 2.19. The molecule has 2 aromatic heterocycles. The molecule has 3 aromatic rings. The van der Waals surface area contributed by atoms with E-state index in [-0.39, 0.29) is 0 Å². The highest BCUT2D eigenvalue weighted by atomic mass is 15.2. The predicted octanol–water partition coefficient (Wildman–Crippen LogP) is 3.01. The second-order valence-corrected chi connectivity index (χ2v) is 4.93. The van der Waals surface area contributed by atoms with Crippen LogP contribution in [0.5, 0.6) is 0 Å². The molecule has 0 aliphatic carbocycles. The molecule has 0 fully saturated rings. The molecule has 0 aliphatic heterocycles. The van der Waals surface area contributed by atoms with Crippen molar-refractivity contribution in [2.24, 2.45) is 0 Å². The van der Waals surface area contributed by atoms with Crippen LogP contribution in [0, 0.1) is 13.8 Å². The third-order valence-corrected chi connectivity index (χ3v) is 3.67. The van der Waals surface area contributed by atoms with Crippen LogP contribution in [0.15, 0.2) is 24.3 Å². The molecule has 0 bridgehead atoms. The SMILES string of the molecule is CCn1c(NCc2c(C)n[nH]c2C)nc2ccccc21. The summed E-state index contributed by atoms with van der Waals surface area (Å²) in [5.74, 6) is 0.911. The first-order chi connectivity index (χ1) is 9.70. The van der Waals surface area contributed by atoms with Gasteiger partial charge in [0.25, 0.3) is 0 Å². The van der Waals surface area contributed by atoms with Gasteiger partial charge >= 0.3 is 0 Å². The predicted molar refractivity (Wildman–Crippen MR) is 80.8 cm³/mol. The zero-order valence-electron chi connectivity index (χ0n) is 12.1. The number of anilines is 1. The van der Waals surface area contributed by atoms with Gasteiger partial charge in [-0.1, -0.05) is 12.1 Å². The van der Waals surface area contributed by atoms with Gasteiger partial charge in [-0.05, 0) is 32.9 Å². The van der Waals surface area contributed by atoms with Crippen LogP contribution in [0.25, 0.3) is 11.0 Å². The lowest BCUT2D eigenvalue weighted by molar-refractivity contribution is 0.787. The van der Waals surface area contributed by atoms with Crippen molar-refractivity contribution in [3.8, 4) is 0 Å². The fraction of sp³-hybridized carbons (Fsp3) is 0.333. The van der Waals surface area contributed by atoms with Gasteiger partial charge in [0.2, 0.25) is 5.95 Å². The summed E-state index contributed by atoms with van der Waals surface area (Å²) in [6.45, 7) is 7.82. The van der Waals surface area contributed by atoms with E-state index in [4.69, 9.17) is 0 Å². The van der Waals surface area contributed by atoms with E-state index in [9.17, 15) is 0 Å². The summed E-state index contributed by atoms with van der Waals surface area (Å²) in [7, 11) is 0. The van der Waals surface area contributed by atoms with Gasteiger partial charge in [-0.25, -0.2) is 4.98 Å². The zero-order valence-corrected chi connectivity index (χ0v) is 12.1. The van der Waals surface area contributed by atoms with Crippen molar-refractivity contribution in [1.82, 2.24) is 19.7 Å². The number of para-hydroxylation sites is 2. The molecule has 0 aliphatic rings. The minimum Gasteiger partial charge on any atom is -0.351 e. The number of imidazole rings is 1. The minimum absolute atomic E-state index is 0.734. The van der Waals surface area contributed by atoms with E-state index in [0.29, 0.717) is 0 Å². The Balaban J connectivity index is 1.91. The van der Waals surface area contributed by atoms with Gasteiger partial charge in [-0.15, -0.1) is 0 Å². The molecule has 0 atom stereocenters. The Hall–Kier alpha value is -2.30. The van der Waals surface area contributed by atoms with Crippen LogP contribution in [0.1, 0.15) is 23.9 Å². The zero-order chi connectivity index (χ0) is 14.1. The molecule has 0 unspecified atom stereocenters. The van der Waals surface area contributed by atoms with Crippen molar-refractivity contribution in [2.45, 2.75) is 33.9 Å². The number of nitrogens with one attached hydrogen (secondary N) is 2. The lowest BCUT2D eigenvalue weighted by Crippen LogP contribution is -2.07. The number of aromatic amines is 1. The Morgan fingerprint density at radius 1 is 1.25 bits per heavy atom. The molecule has 5 nitrogen and oxygen atoms in total. The van der Waals surface area contributed by atoms with Crippen LogP contribution in [0.3, 0.4) is 0 Å². The first kappa shape index (κ1) is 12.7. The largest absolute Gasteiger partial charge is 0.351 e. The second-order valence-electron chi connectivity index (χ2n) is 4.93. The van der Waals surface area contributed by atoms with E-state index in [2.05, 4.69) is 38.1 Å². The number of benzene rings is 1. The molecule has 2 N–H and O–H groups in total. The summed E-state index contributed by atoms with van der Waals surface area (Å²) >= 11 is 0. The van der Waals surface area contributed by atoms with Gasteiger partial charge in [0, 0.05) is 24.3 Å². The standard InChI is InChI=1S/C15H19N5/c1-4-20-14-8-6-5-7-13(14)17-15(20)16-9-12-10(2)18-19-11(12)3/h5-8H,4,9H2,1-3H3,(H,16,17)(H,18,19). The molecule has 0 saturated carbocycles. The molecular weight excluding hydrogens is 250 g/mol. The molecule has 0 amide bonds. The summed E-state index contributed by atoms with van der Waals surface area (Å²) in [6.07, 6.45) is 0. The van der Waals surface area contributed by atoms with Gasteiger partial charge in [-0.3, -0.25) is 5.10 Å². The first-order valence-electron chi connectivity index (χ1n) is 6.90.